The summed E-state index contributed by atoms with van der Waals surface area (Å²) in [5.41, 5.74) is 4.98. The summed E-state index contributed by atoms with van der Waals surface area (Å²) in [5.74, 6) is 0.771. The molecule has 0 saturated heterocycles. The van der Waals surface area contributed by atoms with Crippen molar-refractivity contribution in [3.05, 3.63) is 102 Å². The van der Waals surface area contributed by atoms with Gasteiger partial charge in [0.1, 0.15) is 0 Å². The minimum atomic E-state index is 0.0263. The topological polar surface area (TPSA) is 45.2 Å². The molecule has 0 saturated carbocycles. The van der Waals surface area contributed by atoms with Crippen LogP contribution in [0.3, 0.4) is 0 Å². The molecule has 1 amide bonds. The van der Waals surface area contributed by atoms with Gasteiger partial charge in [-0.15, -0.1) is 0 Å². The van der Waals surface area contributed by atoms with Crippen LogP contribution in [0, 0.1) is 5.92 Å². The molecule has 1 aliphatic carbocycles. The molecule has 2 aliphatic rings. The van der Waals surface area contributed by atoms with Gasteiger partial charge in [0.05, 0.1) is 17.3 Å². The Morgan fingerprint density at radius 2 is 1.97 bits per heavy atom. The molecule has 2 aromatic carbocycles. The number of rotatable bonds is 4. The van der Waals surface area contributed by atoms with Crippen LogP contribution in [-0.4, -0.2) is 17.4 Å². The lowest BCUT2D eigenvalue weighted by molar-refractivity contribution is 0.0988. The summed E-state index contributed by atoms with van der Waals surface area (Å²) in [5, 5.41) is 3.74. The van der Waals surface area contributed by atoms with E-state index in [-0.39, 0.29) is 11.9 Å². The van der Waals surface area contributed by atoms with E-state index in [1.165, 1.54) is 11.1 Å². The standard InChI is InChI=1S/C26H25N3O/c1-2-29(19-10-4-3-5-11-19)26(30)23-15-7-14-22-20-12-6-13-21(20)24(28-25(22)23)18-9-8-16-27-17-18/h3-12,14-17,20-21,24,28H,2,13H2,1H3. The number of fused-ring (bicyclic) bond motifs is 3. The molecule has 3 aromatic rings. The summed E-state index contributed by atoms with van der Waals surface area (Å²) >= 11 is 0. The van der Waals surface area contributed by atoms with Crippen LogP contribution in [0.25, 0.3) is 0 Å². The average Bonchev–Trinajstić information content (AvgIpc) is 3.30. The number of allylic oxidation sites excluding steroid dienone is 2. The largest absolute Gasteiger partial charge is 0.377 e. The Hall–Kier alpha value is -3.40. The fraction of sp³-hybridized carbons (Fsp3) is 0.231. The molecule has 4 heteroatoms. The molecule has 150 valence electrons. The number of nitrogens with zero attached hydrogens (tertiary/aromatic N) is 2. The number of hydrogen-bond donors (Lipinski definition) is 1. The van der Waals surface area contributed by atoms with Gasteiger partial charge in [-0.25, -0.2) is 0 Å². The van der Waals surface area contributed by atoms with Gasteiger partial charge < -0.3 is 10.2 Å². The number of para-hydroxylation sites is 2. The number of benzene rings is 2. The van der Waals surface area contributed by atoms with Crippen molar-refractivity contribution in [2.24, 2.45) is 5.92 Å². The third kappa shape index (κ3) is 3.09. The van der Waals surface area contributed by atoms with Crippen LogP contribution in [-0.2, 0) is 0 Å². The number of anilines is 2. The lowest BCUT2D eigenvalue weighted by Crippen LogP contribution is -2.34. The number of aromatic nitrogens is 1. The van der Waals surface area contributed by atoms with Gasteiger partial charge in [-0.1, -0.05) is 48.6 Å². The molecule has 30 heavy (non-hydrogen) atoms. The molecule has 1 aliphatic heterocycles. The first-order chi connectivity index (χ1) is 14.8. The Kier molecular flexibility index (Phi) is 4.83. The lowest BCUT2D eigenvalue weighted by Gasteiger charge is -2.38. The fourth-order valence-corrected chi connectivity index (χ4v) is 4.89. The maximum Gasteiger partial charge on any atom is 0.260 e. The van der Waals surface area contributed by atoms with Crippen LogP contribution in [0.5, 0.6) is 0 Å². The molecular formula is C26H25N3O. The number of nitrogens with one attached hydrogen (secondary N) is 1. The second kappa shape index (κ2) is 7.79. The zero-order valence-corrected chi connectivity index (χ0v) is 17.0. The van der Waals surface area contributed by atoms with E-state index in [1.54, 1.807) is 6.20 Å². The number of carbonyl (C=O) groups is 1. The highest BCUT2D eigenvalue weighted by Gasteiger charge is 2.39. The van der Waals surface area contributed by atoms with Crippen molar-refractivity contribution in [2.75, 3.05) is 16.8 Å². The second-order valence-electron chi connectivity index (χ2n) is 7.92. The highest BCUT2D eigenvalue weighted by atomic mass is 16.2. The van der Waals surface area contributed by atoms with Crippen molar-refractivity contribution < 1.29 is 4.79 Å². The molecular weight excluding hydrogens is 370 g/mol. The van der Waals surface area contributed by atoms with Crippen molar-refractivity contribution in [1.82, 2.24) is 4.98 Å². The van der Waals surface area contributed by atoms with Gasteiger partial charge in [0.2, 0.25) is 0 Å². The predicted octanol–water partition coefficient (Wildman–Crippen LogP) is 5.57. The van der Waals surface area contributed by atoms with Crippen LogP contribution in [0.4, 0.5) is 11.4 Å². The Morgan fingerprint density at radius 1 is 1.10 bits per heavy atom. The SMILES string of the molecule is CCN(C(=O)c1cccc2c1NC(c1cccnc1)C1CC=CC21)c1ccccc1. The van der Waals surface area contributed by atoms with Gasteiger partial charge in [0.15, 0.2) is 0 Å². The Labute approximate surface area is 177 Å². The van der Waals surface area contributed by atoms with Gasteiger partial charge in [-0.3, -0.25) is 9.78 Å². The summed E-state index contributed by atoms with van der Waals surface area (Å²) < 4.78 is 0. The molecule has 3 atom stereocenters. The van der Waals surface area contributed by atoms with E-state index in [9.17, 15) is 4.79 Å². The molecule has 5 rings (SSSR count). The molecule has 0 fully saturated rings. The van der Waals surface area contributed by atoms with Crippen LogP contribution >= 0.6 is 0 Å². The highest BCUT2D eigenvalue weighted by Crippen LogP contribution is 2.50. The third-order valence-electron chi connectivity index (χ3n) is 6.30. The number of carbonyl (C=O) groups excluding carboxylic acids is 1. The summed E-state index contributed by atoms with van der Waals surface area (Å²) in [6.45, 7) is 2.63. The first-order valence-electron chi connectivity index (χ1n) is 10.6. The van der Waals surface area contributed by atoms with E-state index in [0.717, 1.165) is 23.4 Å². The summed E-state index contributed by atoms with van der Waals surface area (Å²) in [4.78, 5) is 19.8. The molecule has 1 aromatic heterocycles. The predicted molar refractivity (Wildman–Crippen MR) is 121 cm³/mol. The Balaban J connectivity index is 1.58. The van der Waals surface area contributed by atoms with Crippen LogP contribution in [0.1, 0.15) is 46.8 Å². The van der Waals surface area contributed by atoms with Gasteiger partial charge in [-0.2, -0.15) is 0 Å². The van der Waals surface area contributed by atoms with E-state index in [2.05, 4.69) is 34.6 Å². The van der Waals surface area contributed by atoms with Crippen molar-refractivity contribution in [3.8, 4) is 0 Å². The number of amides is 1. The van der Waals surface area contributed by atoms with E-state index < -0.39 is 0 Å². The Bertz CT molecular complexity index is 1080. The summed E-state index contributed by atoms with van der Waals surface area (Å²) in [7, 11) is 0. The zero-order chi connectivity index (χ0) is 20.5. The summed E-state index contributed by atoms with van der Waals surface area (Å²) in [6.07, 6.45) is 9.34. The van der Waals surface area contributed by atoms with Gasteiger partial charge in [0.25, 0.3) is 5.91 Å². The fourth-order valence-electron chi connectivity index (χ4n) is 4.89. The van der Waals surface area contributed by atoms with E-state index in [0.29, 0.717) is 18.4 Å². The van der Waals surface area contributed by atoms with Gasteiger partial charge in [-0.05, 0) is 54.7 Å². The highest BCUT2D eigenvalue weighted by molar-refractivity contribution is 6.10. The monoisotopic (exact) mass is 395 g/mol. The number of pyridine rings is 1. The lowest BCUT2D eigenvalue weighted by atomic mass is 9.76. The van der Waals surface area contributed by atoms with Crippen LogP contribution in [0.15, 0.2) is 85.2 Å². The molecule has 2 heterocycles. The maximum atomic E-state index is 13.6. The average molecular weight is 396 g/mol. The zero-order valence-electron chi connectivity index (χ0n) is 17.0. The molecule has 0 bridgehead atoms. The van der Waals surface area contributed by atoms with Gasteiger partial charge in [0, 0.05) is 30.5 Å². The third-order valence-corrected chi connectivity index (χ3v) is 6.30. The first kappa shape index (κ1) is 18.6. The quantitative estimate of drug-likeness (QED) is 0.587. The summed E-state index contributed by atoms with van der Waals surface area (Å²) in [6, 6.07) is 20.2. The maximum absolute atomic E-state index is 13.6. The number of hydrogen-bond acceptors (Lipinski definition) is 3. The van der Waals surface area contributed by atoms with Crippen molar-refractivity contribution >= 4 is 17.3 Å². The normalized spacial score (nSPS) is 21.4. The van der Waals surface area contributed by atoms with Crippen LogP contribution < -0.4 is 10.2 Å². The smallest absolute Gasteiger partial charge is 0.260 e. The Morgan fingerprint density at radius 3 is 2.73 bits per heavy atom. The van der Waals surface area contributed by atoms with E-state index >= 15 is 0 Å². The van der Waals surface area contributed by atoms with Crippen molar-refractivity contribution in [2.45, 2.75) is 25.3 Å². The molecule has 3 unspecified atom stereocenters. The molecule has 0 spiro atoms. The molecule has 0 radical (unpaired) electrons. The minimum Gasteiger partial charge on any atom is -0.377 e. The van der Waals surface area contributed by atoms with Crippen molar-refractivity contribution in [1.29, 1.82) is 0 Å². The first-order valence-corrected chi connectivity index (χ1v) is 10.6. The second-order valence-corrected chi connectivity index (χ2v) is 7.92. The molecule has 1 N–H and O–H groups in total. The molecule has 4 nitrogen and oxygen atoms in total. The van der Waals surface area contributed by atoms with E-state index in [1.807, 2.05) is 66.6 Å². The van der Waals surface area contributed by atoms with E-state index in [4.69, 9.17) is 0 Å². The van der Waals surface area contributed by atoms with Gasteiger partial charge >= 0.3 is 0 Å². The van der Waals surface area contributed by atoms with Crippen LogP contribution in [0.2, 0.25) is 0 Å². The minimum absolute atomic E-state index is 0.0263. The van der Waals surface area contributed by atoms with Crippen molar-refractivity contribution in [3.63, 3.8) is 0 Å².